The second-order valence-electron chi connectivity index (χ2n) is 5.04. The first kappa shape index (κ1) is 10.5. The summed E-state index contributed by atoms with van der Waals surface area (Å²) in [5.74, 6) is 0.0188. The predicted octanol–water partition coefficient (Wildman–Crippen LogP) is 1.89. The topological polar surface area (TPSA) is 40.5 Å². The first-order chi connectivity index (χ1) is 8.17. The van der Waals surface area contributed by atoms with Crippen LogP contribution in [0.4, 0.5) is 0 Å². The highest BCUT2D eigenvalue weighted by Gasteiger charge is 2.46. The number of amides is 1. The molecule has 88 valence electrons. The number of carbonyl (C=O) groups excluding carboxylic acids is 1. The maximum atomic E-state index is 12.2. The Morgan fingerprint density at radius 3 is 2.47 bits per heavy atom. The molecule has 1 N–H and O–H groups in total. The second kappa shape index (κ2) is 3.44. The molecule has 0 unspecified atom stereocenters. The zero-order valence-electron chi connectivity index (χ0n) is 9.65. The number of aliphatic hydroxyl groups excluding tert-OH is 1. The van der Waals surface area contributed by atoms with E-state index in [1.807, 2.05) is 24.3 Å². The van der Waals surface area contributed by atoms with Crippen LogP contribution in [0.3, 0.4) is 0 Å². The molecule has 1 fully saturated rings. The van der Waals surface area contributed by atoms with Gasteiger partial charge in [-0.05, 0) is 18.9 Å². The summed E-state index contributed by atoms with van der Waals surface area (Å²) >= 11 is 0. The van der Waals surface area contributed by atoms with E-state index in [0.717, 1.165) is 29.7 Å². The number of hydrogen-bond donors (Lipinski definition) is 1. The van der Waals surface area contributed by atoms with Gasteiger partial charge in [0.25, 0.3) is 5.91 Å². The van der Waals surface area contributed by atoms with Gasteiger partial charge in [0.1, 0.15) is 0 Å². The zero-order chi connectivity index (χ0) is 12.0. The van der Waals surface area contributed by atoms with Gasteiger partial charge in [-0.2, -0.15) is 0 Å². The van der Waals surface area contributed by atoms with Crippen LogP contribution in [-0.4, -0.2) is 29.1 Å². The molecule has 0 radical (unpaired) electrons. The van der Waals surface area contributed by atoms with Crippen molar-refractivity contribution < 1.29 is 9.90 Å². The molecule has 3 rings (SSSR count). The van der Waals surface area contributed by atoms with E-state index >= 15 is 0 Å². The number of hydrogen-bond acceptors (Lipinski definition) is 2. The number of benzene rings is 1. The average molecular weight is 229 g/mol. The predicted molar refractivity (Wildman–Crippen MR) is 65.3 cm³/mol. The molecule has 0 bridgehead atoms. The second-order valence-corrected chi connectivity index (χ2v) is 5.04. The first-order valence-electron chi connectivity index (χ1n) is 5.88. The van der Waals surface area contributed by atoms with Gasteiger partial charge in [-0.3, -0.25) is 4.79 Å². The minimum atomic E-state index is -0.0688. The summed E-state index contributed by atoms with van der Waals surface area (Å²) in [6.07, 6.45) is 1.99. The molecule has 0 atom stereocenters. The SMILES string of the molecule is C=C1c2ccccc2C(=O)N1CC1(CO)CC1. The normalized spacial score (nSPS) is 20.6. The van der Waals surface area contributed by atoms with Crippen LogP contribution < -0.4 is 0 Å². The van der Waals surface area contributed by atoms with E-state index in [1.54, 1.807) is 4.90 Å². The highest BCUT2D eigenvalue weighted by Crippen LogP contribution is 2.47. The first-order valence-corrected chi connectivity index (χ1v) is 5.88. The van der Waals surface area contributed by atoms with Crippen LogP contribution in [0.1, 0.15) is 28.8 Å². The van der Waals surface area contributed by atoms with Crippen LogP contribution in [-0.2, 0) is 0 Å². The van der Waals surface area contributed by atoms with E-state index in [1.165, 1.54) is 0 Å². The largest absolute Gasteiger partial charge is 0.396 e. The van der Waals surface area contributed by atoms with Gasteiger partial charge >= 0.3 is 0 Å². The lowest BCUT2D eigenvalue weighted by molar-refractivity contribution is 0.0803. The van der Waals surface area contributed by atoms with Crippen molar-refractivity contribution in [2.75, 3.05) is 13.2 Å². The van der Waals surface area contributed by atoms with Crippen LogP contribution >= 0.6 is 0 Å². The molecule has 3 nitrogen and oxygen atoms in total. The lowest BCUT2D eigenvalue weighted by atomic mass is 10.1. The van der Waals surface area contributed by atoms with Crippen molar-refractivity contribution in [2.24, 2.45) is 5.41 Å². The van der Waals surface area contributed by atoms with Gasteiger partial charge in [-0.1, -0.05) is 24.8 Å². The standard InChI is InChI=1S/C14H15NO2/c1-10-11-4-2-3-5-12(11)13(17)15(10)8-14(9-16)6-7-14/h2-5,16H,1,6-9H2. The summed E-state index contributed by atoms with van der Waals surface area (Å²) in [5, 5.41) is 9.34. The van der Waals surface area contributed by atoms with Crippen LogP contribution in [0.5, 0.6) is 0 Å². The Hall–Kier alpha value is -1.61. The molecule has 1 saturated carbocycles. The number of aliphatic hydroxyl groups is 1. The Morgan fingerprint density at radius 2 is 1.94 bits per heavy atom. The third kappa shape index (κ3) is 1.50. The quantitative estimate of drug-likeness (QED) is 0.859. The fourth-order valence-electron chi connectivity index (χ4n) is 2.38. The average Bonchev–Trinajstić information content (AvgIpc) is 3.10. The van der Waals surface area contributed by atoms with Crippen molar-refractivity contribution in [3.05, 3.63) is 42.0 Å². The van der Waals surface area contributed by atoms with E-state index in [2.05, 4.69) is 6.58 Å². The van der Waals surface area contributed by atoms with Crippen molar-refractivity contribution in [1.29, 1.82) is 0 Å². The monoisotopic (exact) mass is 229 g/mol. The maximum absolute atomic E-state index is 12.2. The summed E-state index contributed by atoms with van der Waals surface area (Å²) in [6, 6.07) is 7.54. The lowest BCUT2D eigenvalue weighted by Gasteiger charge is -2.22. The van der Waals surface area contributed by atoms with Crippen molar-refractivity contribution in [1.82, 2.24) is 4.90 Å². The molecule has 17 heavy (non-hydrogen) atoms. The van der Waals surface area contributed by atoms with Gasteiger partial charge in [0, 0.05) is 28.8 Å². The molecule has 1 aliphatic heterocycles. The van der Waals surface area contributed by atoms with Gasteiger partial charge in [0.15, 0.2) is 0 Å². The van der Waals surface area contributed by atoms with Crippen molar-refractivity contribution in [2.45, 2.75) is 12.8 Å². The number of fused-ring (bicyclic) bond motifs is 1. The fourth-order valence-corrected chi connectivity index (χ4v) is 2.38. The molecule has 1 aromatic carbocycles. The third-order valence-corrected chi connectivity index (χ3v) is 3.83. The lowest BCUT2D eigenvalue weighted by Crippen LogP contribution is -2.31. The van der Waals surface area contributed by atoms with Gasteiger partial charge in [0.05, 0.1) is 6.61 Å². The fraction of sp³-hybridized carbons (Fsp3) is 0.357. The molecule has 0 spiro atoms. The molecular formula is C14H15NO2. The molecule has 1 amide bonds. The molecule has 1 aromatic rings. The van der Waals surface area contributed by atoms with Gasteiger partial charge in [0.2, 0.25) is 0 Å². The summed E-state index contributed by atoms with van der Waals surface area (Å²) < 4.78 is 0. The van der Waals surface area contributed by atoms with Crippen LogP contribution in [0.25, 0.3) is 5.70 Å². The number of rotatable bonds is 3. The molecule has 1 aliphatic carbocycles. The van der Waals surface area contributed by atoms with Gasteiger partial charge in [-0.15, -0.1) is 0 Å². The summed E-state index contributed by atoms with van der Waals surface area (Å²) in [7, 11) is 0. The van der Waals surface area contributed by atoms with Gasteiger partial charge in [-0.25, -0.2) is 0 Å². The molecular weight excluding hydrogens is 214 g/mol. The Balaban J connectivity index is 1.90. The van der Waals surface area contributed by atoms with Crippen LogP contribution in [0, 0.1) is 5.41 Å². The van der Waals surface area contributed by atoms with E-state index in [4.69, 9.17) is 0 Å². The summed E-state index contributed by atoms with van der Waals surface area (Å²) in [5.41, 5.74) is 2.35. The van der Waals surface area contributed by atoms with Crippen molar-refractivity contribution >= 4 is 11.6 Å². The molecule has 0 saturated heterocycles. The Kier molecular flexibility index (Phi) is 2.13. The minimum absolute atomic E-state index is 0.0188. The zero-order valence-corrected chi connectivity index (χ0v) is 9.65. The number of carbonyl (C=O) groups is 1. The highest BCUT2D eigenvalue weighted by molar-refractivity contribution is 6.08. The Morgan fingerprint density at radius 1 is 1.29 bits per heavy atom. The Bertz CT molecular complexity index is 468. The van der Waals surface area contributed by atoms with Crippen LogP contribution in [0.2, 0.25) is 0 Å². The summed E-state index contributed by atoms with van der Waals surface area (Å²) in [6.45, 7) is 4.74. The Labute approximate surface area is 100 Å². The number of nitrogens with zero attached hydrogens (tertiary/aromatic N) is 1. The van der Waals surface area contributed by atoms with E-state index in [-0.39, 0.29) is 17.9 Å². The van der Waals surface area contributed by atoms with Crippen molar-refractivity contribution in [3.63, 3.8) is 0 Å². The summed E-state index contributed by atoms with van der Waals surface area (Å²) in [4.78, 5) is 13.9. The van der Waals surface area contributed by atoms with E-state index in [0.29, 0.717) is 6.54 Å². The van der Waals surface area contributed by atoms with Gasteiger partial charge < -0.3 is 10.0 Å². The van der Waals surface area contributed by atoms with Crippen LogP contribution in [0.15, 0.2) is 30.8 Å². The molecule has 2 aliphatic rings. The highest BCUT2D eigenvalue weighted by atomic mass is 16.3. The van der Waals surface area contributed by atoms with E-state index in [9.17, 15) is 9.90 Å². The molecule has 1 heterocycles. The molecule has 0 aromatic heterocycles. The smallest absolute Gasteiger partial charge is 0.258 e. The maximum Gasteiger partial charge on any atom is 0.258 e. The molecule has 3 heteroatoms. The third-order valence-electron chi connectivity index (χ3n) is 3.83. The van der Waals surface area contributed by atoms with Crippen molar-refractivity contribution in [3.8, 4) is 0 Å². The van der Waals surface area contributed by atoms with E-state index < -0.39 is 0 Å². The minimum Gasteiger partial charge on any atom is -0.396 e.